The van der Waals surface area contributed by atoms with E-state index in [9.17, 15) is 27.3 Å². The lowest BCUT2D eigenvalue weighted by Gasteiger charge is -2.43. The van der Waals surface area contributed by atoms with Crippen molar-refractivity contribution in [2.45, 2.75) is 42.7 Å². The molecular formula is C29H31F2N7O3S. The standard InChI is InChI=1S/C29H31F2N7O3S/c1-19(25-20(30)7-6-8-21(25)31)37-17-13-29(12-15-32,14-18-37)38-23-11-16-33-28(39)26(23)27(35-38)34-22-9-4-5-10-24(22)42(40,41)36(2)3/h4-11,16,19H,12-14,17-18H2,1-3H3,(H,33,39)(H,34,35). The number of benzene rings is 2. The molecule has 0 radical (unpaired) electrons. The van der Waals surface area contributed by atoms with E-state index in [0.29, 0.717) is 31.4 Å². The smallest absolute Gasteiger partial charge is 0.261 e. The molecule has 2 aromatic heterocycles. The van der Waals surface area contributed by atoms with E-state index < -0.39 is 38.8 Å². The van der Waals surface area contributed by atoms with E-state index in [1.165, 1.54) is 44.6 Å². The monoisotopic (exact) mass is 595 g/mol. The molecule has 2 N–H and O–H groups in total. The third-order valence-corrected chi connectivity index (χ3v) is 9.93. The number of anilines is 2. The summed E-state index contributed by atoms with van der Waals surface area (Å²) in [5.74, 6) is -1.07. The van der Waals surface area contributed by atoms with Crippen molar-refractivity contribution < 1.29 is 17.2 Å². The van der Waals surface area contributed by atoms with Crippen LogP contribution in [0.3, 0.4) is 0 Å². The Morgan fingerprint density at radius 2 is 1.79 bits per heavy atom. The number of nitrogens with one attached hydrogen (secondary N) is 2. The van der Waals surface area contributed by atoms with Gasteiger partial charge in [-0.2, -0.15) is 10.4 Å². The van der Waals surface area contributed by atoms with Crippen LogP contribution in [0.2, 0.25) is 0 Å². The van der Waals surface area contributed by atoms with Crippen molar-refractivity contribution >= 4 is 32.4 Å². The number of aromatic amines is 1. The second-order valence-electron chi connectivity index (χ2n) is 10.6. The summed E-state index contributed by atoms with van der Waals surface area (Å²) in [5.41, 5.74) is -0.529. The molecule has 13 heteroatoms. The Labute approximate surface area is 242 Å². The van der Waals surface area contributed by atoms with Crippen LogP contribution in [0.25, 0.3) is 10.9 Å². The highest BCUT2D eigenvalue weighted by atomic mass is 32.2. The molecule has 1 unspecified atom stereocenters. The molecule has 0 saturated carbocycles. The van der Waals surface area contributed by atoms with Crippen LogP contribution in [0.4, 0.5) is 20.3 Å². The van der Waals surface area contributed by atoms with Gasteiger partial charge in [0.05, 0.1) is 29.2 Å². The van der Waals surface area contributed by atoms with Crippen LogP contribution in [0.5, 0.6) is 0 Å². The van der Waals surface area contributed by atoms with Gasteiger partial charge in [-0.3, -0.25) is 14.4 Å². The molecule has 42 heavy (non-hydrogen) atoms. The third kappa shape index (κ3) is 5.06. The van der Waals surface area contributed by atoms with Gasteiger partial charge in [-0.25, -0.2) is 21.5 Å². The number of sulfonamides is 1. The van der Waals surface area contributed by atoms with Crippen molar-refractivity contribution in [3.63, 3.8) is 0 Å². The van der Waals surface area contributed by atoms with Gasteiger partial charge in [0.15, 0.2) is 5.82 Å². The largest absolute Gasteiger partial charge is 0.337 e. The summed E-state index contributed by atoms with van der Waals surface area (Å²) in [6, 6.07) is 13.6. The first-order valence-electron chi connectivity index (χ1n) is 13.4. The molecule has 1 saturated heterocycles. The van der Waals surface area contributed by atoms with E-state index in [1.807, 2.05) is 4.90 Å². The molecule has 2 aromatic carbocycles. The summed E-state index contributed by atoms with van der Waals surface area (Å²) in [5, 5.41) is 17.9. The summed E-state index contributed by atoms with van der Waals surface area (Å²) in [4.78, 5) is 17.7. The average Bonchev–Trinajstić information content (AvgIpc) is 3.33. The number of nitrogens with zero attached hydrogens (tertiary/aromatic N) is 5. The maximum Gasteiger partial charge on any atom is 0.261 e. The molecule has 0 spiro atoms. The van der Waals surface area contributed by atoms with Crippen molar-refractivity contribution in [3.05, 3.63) is 82.3 Å². The minimum atomic E-state index is -3.82. The number of likely N-dealkylation sites (tertiary alicyclic amines) is 1. The van der Waals surface area contributed by atoms with E-state index in [2.05, 4.69) is 16.4 Å². The number of halogens is 2. The number of para-hydroxylation sites is 1. The van der Waals surface area contributed by atoms with E-state index in [-0.39, 0.29) is 33.8 Å². The van der Waals surface area contributed by atoms with Crippen molar-refractivity contribution in [1.29, 1.82) is 5.26 Å². The van der Waals surface area contributed by atoms with Gasteiger partial charge in [-0.15, -0.1) is 0 Å². The molecule has 10 nitrogen and oxygen atoms in total. The molecule has 1 aliphatic heterocycles. The normalized spacial score (nSPS) is 16.4. The third-order valence-electron chi connectivity index (χ3n) is 8.05. The highest BCUT2D eigenvalue weighted by molar-refractivity contribution is 7.89. The Bertz CT molecular complexity index is 1820. The first-order chi connectivity index (χ1) is 20.0. The number of hydrogen-bond acceptors (Lipinski definition) is 7. The molecule has 1 atom stereocenters. The zero-order valence-electron chi connectivity index (χ0n) is 23.4. The summed E-state index contributed by atoms with van der Waals surface area (Å²) < 4.78 is 57.8. The van der Waals surface area contributed by atoms with Gasteiger partial charge in [-0.1, -0.05) is 18.2 Å². The molecule has 0 aliphatic carbocycles. The van der Waals surface area contributed by atoms with Gasteiger partial charge in [0.1, 0.15) is 21.9 Å². The minimum Gasteiger partial charge on any atom is -0.337 e. The highest BCUT2D eigenvalue weighted by Gasteiger charge is 2.40. The van der Waals surface area contributed by atoms with Crippen molar-refractivity contribution in [1.82, 2.24) is 24.0 Å². The van der Waals surface area contributed by atoms with Crippen molar-refractivity contribution in [2.75, 3.05) is 32.5 Å². The molecule has 4 aromatic rings. The molecular weight excluding hydrogens is 564 g/mol. The van der Waals surface area contributed by atoms with Crippen LogP contribution in [0.1, 0.15) is 37.8 Å². The van der Waals surface area contributed by atoms with Crippen LogP contribution in [0, 0.1) is 23.0 Å². The van der Waals surface area contributed by atoms with E-state index in [1.54, 1.807) is 35.9 Å². The van der Waals surface area contributed by atoms with E-state index in [4.69, 9.17) is 5.10 Å². The Morgan fingerprint density at radius 1 is 1.12 bits per heavy atom. The number of piperidine rings is 1. The van der Waals surface area contributed by atoms with Crippen molar-refractivity contribution in [2.24, 2.45) is 0 Å². The Kier molecular flexibility index (Phi) is 7.89. The zero-order chi connectivity index (χ0) is 30.2. The molecule has 1 aliphatic rings. The lowest BCUT2D eigenvalue weighted by atomic mass is 9.84. The minimum absolute atomic E-state index is 0.000756. The second-order valence-corrected chi connectivity index (χ2v) is 12.8. The SMILES string of the molecule is CC(c1c(F)cccc1F)N1CCC(CC#N)(n2nc(Nc3ccccc3S(=O)(=O)N(C)C)c3c(=O)[nH]ccc32)CC1. The quantitative estimate of drug-likeness (QED) is 0.308. The van der Waals surface area contributed by atoms with Gasteiger partial charge < -0.3 is 10.3 Å². The number of aromatic nitrogens is 3. The topological polar surface area (TPSA) is 127 Å². The number of rotatable bonds is 8. The fourth-order valence-corrected chi connectivity index (χ4v) is 6.72. The number of hydrogen-bond donors (Lipinski definition) is 2. The van der Waals surface area contributed by atoms with E-state index >= 15 is 0 Å². The molecule has 3 heterocycles. The number of pyridine rings is 1. The molecule has 0 amide bonds. The second kappa shape index (κ2) is 11.3. The molecule has 220 valence electrons. The van der Waals surface area contributed by atoms with Crippen LogP contribution in [-0.4, -0.2) is 59.6 Å². The maximum absolute atomic E-state index is 14.5. The van der Waals surface area contributed by atoms with Crippen LogP contribution >= 0.6 is 0 Å². The maximum atomic E-state index is 14.5. The molecule has 5 rings (SSSR count). The fourth-order valence-electron chi connectivity index (χ4n) is 5.68. The Morgan fingerprint density at radius 3 is 2.43 bits per heavy atom. The zero-order valence-corrected chi connectivity index (χ0v) is 24.3. The summed E-state index contributed by atoms with van der Waals surface area (Å²) in [6.45, 7) is 2.60. The predicted molar refractivity (Wildman–Crippen MR) is 155 cm³/mol. The average molecular weight is 596 g/mol. The predicted octanol–water partition coefficient (Wildman–Crippen LogP) is 4.46. The van der Waals surface area contributed by atoms with E-state index in [0.717, 1.165) is 4.31 Å². The first-order valence-corrected chi connectivity index (χ1v) is 14.9. The summed E-state index contributed by atoms with van der Waals surface area (Å²) in [7, 11) is -0.959. The van der Waals surface area contributed by atoms with Crippen molar-refractivity contribution in [3.8, 4) is 6.07 Å². The fraction of sp³-hybridized carbons (Fsp3) is 0.345. The molecule has 0 bridgehead atoms. The summed E-state index contributed by atoms with van der Waals surface area (Å²) in [6.07, 6.45) is 2.43. The van der Waals surface area contributed by atoms with Gasteiger partial charge in [0, 0.05) is 45.0 Å². The lowest BCUT2D eigenvalue weighted by molar-refractivity contribution is 0.0782. The number of nitriles is 1. The van der Waals surface area contributed by atoms with Gasteiger partial charge >= 0.3 is 0 Å². The number of H-pyrrole nitrogens is 1. The lowest BCUT2D eigenvalue weighted by Crippen LogP contribution is -2.47. The van der Waals surface area contributed by atoms with Crippen LogP contribution < -0.4 is 10.9 Å². The molecule has 1 fully saturated rings. The van der Waals surface area contributed by atoms with Gasteiger partial charge in [0.25, 0.3) is 5.56 Å². The number of fused-ring (bicyclic) bond motifs is 1. The summed E-state index contributed by atoms with van der Waals surface area (Å²) >= 11 is 0. The van der Waals surface area contributed by atoms with Crippen LogP contribution in [0.15, 0.2) is 64.4 Å². The first kappa shape index (κ1) is 29.4. The Balaban J connectivity index is 1.54. The van der Waals surface area contributed by atoms with Gasteiger partial charge in [0.2, 0.25) is 10.0 Å². The van der Waals surface area contributed by atoms with Gasteiger partial charge in [-0.05, 0) is 50.1 Å². The van der Waals surface area contributed by atoms with Crippen LogP contribution in [-0.2, 0) is 15.6 Å². The highest BCUT2D eigenvalue weighted by Crippen LogP contribution is 2.40. The Hall–Kier alpha value is -4.12.